The molecule has 1 aliphatic heterocycles. The topological polar surface area (TPSA) is 46.4 Å². The van der Waals surface area contributed by atoms with Crippen molar-refractivity contribution in [2.45, 2.75) is 6.42 Å². The number of benzene rings is 1. The summed E-state index contributed by atoms with van der Waals surface area (Å²) in [4.78, 5) is 26.4. The molecule has 0 radical (unpaired) electrons. The van der Waals surface area contributed by atoms with Gasteiger partial charge < -0.3 is 0 Å². The Hall–Kier alpha value is -1.23. The van der Waals surface area contributed by atoms with Gasteiger partial charge >= 0.3 is 10.8 Å². The molecular weight excluding hydrogens is 238 g/mol. The number of carbonyl (C=O) groups excluding carboxylic acids is 1. The van der Waals surface area contributed by atoms with Crippen LogP contribution in [0.3, 0.4) is 0 Å². The van der Waals surface area contributed by atoms with Gasteiger partial charge in [-0.1, -0.05) is 15.9 Å². The van der Waals surface area contributed by atoms with Gasteiger partial charge in [-0.2, -0.15) is 4.84 Å². The summed E-state index contributed by atoms with van der Waals surface area (Å²) in [5.41, 5.74) is 0.728. The molecular formula is C8H5BrNO3+. The van der Waals surface area contributed by atoms with Crippen LogP contribution in [0.15, 0.2) is 22.7 Å². The molecule has 1 heterocycles. The zero-order valence-electron chi connectivity index (χ0n) is 6.49. The van der Waals surface area contributed by atoms with Gasteiger partial charge in [0.2, 0.25) is 5.75 Å². The third kappa shape index (κ3) is 1.47. The molecule has 0 atom stereocenters. The highest BCUT2D eigenvalue weighted by atomic mass is 79.9. The summed E-state index contributed by atoms with van der Waals surface area (Å²) in [5.74, 6) is -0.136. The molecule has 5 heteroatoms. The molecule has 1 aliphatic rings. The fraction of sp³-hybridized carbons (Fsp3) is 0.125. The first-order chi connectivity index (χ1) is 6.16. The molecule has 0 aliphatic carbocycles. The van der Waals surface area contributed by atoms with E-state index in [0.29, 0.717) is 5.75 Å². The molecule has 0 saturated heterocycles. The molecule has 0 N–H and O–H groups in total. The van der Waals surface area contributed by atoms with Crippen molar-refractivity contribution in [2.75, 3.05) is 0 Å². The van der Waals surface area contributed by atoms with Crippen molar-refractivity contribution in [1.29, 1.82) is 0 Å². The Bertz CT molecular complexity index is 402. The second kappa shape index (κ2) is 2.92. The van der Waals surface area contributed by atoms with E-state index in [1.54, 1.807) is 18.2 Å². The van der Waals surface area contributed by atoms with Crippen molar-refractivity contribution in [1.82, 2.24) is 0 Å². The minimum atomic E-state index is -0.578. The maximum Gasteiger partial charge on any atom is 0.495 e. The molecule has 0 fully saturated rings. The molecule has 0 saturated carbocycles. The van der Waals surface area contributed by atoms with Crippen molar-refractivity contribution in [3.05, 3.63) is 33.1 Å². The summed E-state index contributed by atoms with van der Waals surface area (Å²) < 4.78 is 0.863. The number of hydrogen-bond acceptors (Lipinski definition) is 3. The van der Waals surface area contributed by atoms with E-state index in [9.17, 15) is 9.70 Å². The first-order valence-corrected chi connectivity index (χ1v) is 4.42. The SMILES string of the molecule is O=C1Cc2cc(Br)ccc2O[N+]1=O. The molecule has 1 aromatic rings. The van der Waals surface area contributed by atoms with Crippen molar-refractivity contribution in [3.63, 3.8) is 0 Å². The first-order valence-electron chi connectivity index (χ1n) is 3.63. The van der Waals surface area contributed by atoms with Crippen LogP contribution in [0.25, 0.3) is 0 Å². The van der Waals surface area contributed by atoms with Crippen LogP contribution in [-0.2, 0) is 11.2 Å². The van der Waals surface area contributed by atoms with Crippen molar-refractivity contribution in [3.8, 4) is 5.75 Å². The Balaban J connectivity index is 2.48. The average Bonchev–Trinajstić information content (AvgIpc) is 2.08. The highest BCUT2D eigenvalue weighted by molar-refractivity contribution is 9.10. The summed E-state index contributed by atoms with van der Waals surface area (Å²) in [5, 5.41) is 0. The van der Waals surface area contributed by atoms with Crippen LogP contribution in [0.2, 0.25) is 0 Å². The number of rotatable bonds is 0. The fourth-order valence-electron chi connectivity index (χ4n) is 1.14. The molecule has 0 bridgehead atoms. The number of halogens is 1. The molecule has 1 amide bonds. The highest BCUT2D eigenvalue weighted by Gasteiger charge is 2.34. The predicted molar refractivity (Wildman–Crippen MR) is 47.1 cm³/mol. The molecule has 0 aromatic heterocycles. The molecule has 1 aromatic carbocycles. The molecule has 2 rings (SSSR count). The summed E-state index contributed by atoms with van der Waals surface area (Å²) in [7, 11) is 0. The molecule has 0 spiro atoms. The van der Waals surface area contributed by atoms with Crippen LogP contribution in [0, 0.1) is 4.91 Å². The second-order valence-electron chi connectivity index (χ2n) is 2.67. The summed E-state index contributed by atoms with van der Waals surface area (Å²) in [6.45, 7) is 0. The van der Waals surface area contributed by atoms with E-state index < -0.39 is 5.91 Å². The normalized spacial score (nSPS) is 15.2. The lowest BCUT2D eigenvalue weighted by atomic mass is 10.1. The average molecular weight is 243 g/mol. The zero-order valence-corrected chi connectivity index (χ0v) is 8.08. The van der Waals surface area contributed by atoms with E-state index in [1.165, 1.54) is 0 Å². The standard InChI is InChI=1S/C8H5BrNO3/c9-6-1-2-7-5(3-6)4-8(11)10(12)13-7/h1-3H,4H2/q+1. The van der Waals surface area contributed by atoms with Crippen LogP contribution in [-0.4, -0.2) is 10.8 Å². The lowest BCUT2D eigenvalue weighted by Gasteiger charge is -2.05. The Morgan fingerprint density at radius 1 is 1.46 bits per heavy atom. The maximum absolute atomic E-state index is 10.9. The quantitative estimate of drug-likeness (QED) is 0.695. The Labute approximate surface area is 82.2 Å². The Morgan fingerprint density at radius 3 is 3.00 bits per heavy atom. The third-order valence-electron chi connectivity index (χ3n) is 1.75. The van der Waals surface area contributed by atoms with Gasteiger partial charge in [0.1, 0.15) is 6.42 Å². The predicted octanol–water partition coefficient (Wildman–Crippen LogP) is 1.60. The van der Waals surface area contributed by atoms with Crippen LogP contribution in [0.4, 0.5) is 0 Å². The molecule has 0 unspecified atom stereocenters. The Kier molecular flexibility index (Phi) is 1.88. The molecule has 13 heavy (non-hydrogen) atoms. The molecule has 4 nitrogen and oxygen atoms in total. The summed E-state index contributed by atoms with van der Waals surface area (Å²) >= 11 is 3.27. The van der Waals surface area contributed by atoms with Gasteiger partial charge in [0.15, 0.2) is 0 Å². The first kappa shape index (κ1) is 8.37. The van der Waals surface area contributed by atoms with Crippen LogP contribution in [0.1, 0.15) is 5.56 Å². The number of fused-ring (bicyclic) bond motifs is 1. The van der Waals surface area contributed by atoms with Gasteiger partial charge in [0, 0.05) is 10.0 Å². The van der Waals surface area contributed by atoms with Crippen molar-refractivity contribution in [2.24, 2.45) is 0 Å². The maximum atomic E-state index is 10.9. The summed E-state index contributed by atoms with van der Waals surface area (Å²) in [6.07, 6.45) is 0.0955. The third-order valence-corrected chi connectivity index (χ3v) is 2.24. The van der Waals surface area contributed by atoms with E-state index in [0.717, 1.165) is 10.0 Å². The number of nitrogens with zero attached hydrogens (tertiary/aromatic N) is 1. The van der Waals surface area contributed by atoms with Gasteiger partial charge in [0.25, 0.3) is 0 Å². The van der Waals surface area contributed by atoms with E-state index in [4.69, 9.17) is 4.84 Å². The fourth-order valence-corrected chi connectivity index (χ4v) is 1.55. The summed E-state index contributed by atoms with van der Waals surface area (Å²) in [6, 6.07) is 5.17. The smallest absolute Gasteiger partial charge is 0.208 e. The minimum absolute atomic E-state index is 0.0102. The van der Waals surface area contributed by atoms with Gasteiger partial charge in [-0.15, -0.1) is 0 Å². The van der Waals surface area contributed by atoms with E-state index in [2.05, 4.69) is 15.9 Å². The van der Waals surface area contributed by atoms with Gasteiger partial charge in [0.05, 0.1) is 4.91 Å². The monoisotopic (exact) mass is 242 g/mol. The lowest BCUT2D eigenvalue weighted by Crippen LogP contribution is -2.28. The van der Waals surface area contributed by atoms with Crippen molar-refractivity contribution < 1.29 is 14.6 Å². The van der Waals surface area contributed by atoms with Gasteiger partial charge in [-0.3, -0.25) is 0 Å². The number of hydrogen-bond donors (Lipinski definition) is 0. The number of carbonyl (C=O) groups is 1. The van der Waals surface area contributed by atoms with Crippen molar-refractivity contribution >= 4 is 21.8 Å². The number of amides is 1. The molecule has 66 valence electrons. The lowest BCUT2D eigenvalue weighted by molar-refractivity contribution is -0.693. The largest absolute Gasteiger partial charge is 0.495 e. The van der Waals surface area contributed by atoms with E-state index in [1.807, 2.05) is 0 Å². The van der Waals surface area contributed by atoms with E-state index >= 15 is 0 Å². The Morgan fingerprint density at radius 2 is 2.23 bits per heavy atom. The minimum Gasteiger partial charge on any atom is -0.208 e. The van der Waals surface area contributed by atoms with Crippen LogP contribution < -0.4 is 4.84 Å². The van der Waals surface area contributed by atoms with Gasteiger partial charge in [-0.25, -0.2) is 4.79 Å². The van der Waals surface area contributed by atoms with Crippen LogP contribution in [0.5, 0.6) is 5.75 Å². The zero-order chi connectivity index (χ0) is 9.42. The second-order valence-corrected chi connectivity index (χ2v) is 3.59. The van der Waals surface area contributed by atoms with Crippen LogP contribution >= 0.6 is 15.9 Å². The van der Waals surface area contributed by atoms with E-state index in [-0.39, 0.29) is 11.3 Å². The van der Waals surface area contributed by atoms with Gasteiger partial charge in [-0.05, 0) is 18.2 Å². The highest BCUT2D eigenvalue weighted by Crippen LogP contribution is 2.26.